The Morgan fingerprint density at radius 3 is 2.93 bits per heavy atom. The highest BCUT2D eigenvalue weighted by molar-refractivity contribution is 7.11. The molecule has 1 aliphatic rings. The molecule has 2 nitrogen and oxygen atoms in total. The number of nitrogens with two attached hydrogens (primary N) is 1. The van der Waals surface area contributed by atoms with Crippen LogP contribution in [0.3, 0.4) is 0 Å². The van der Waals surface area contributed by atoms with Crippen LogP contribution < -0.4 is 5.73 Å². The van der Waals surface area contributed by atoms with E-state index in [1.54, 1.807) is 0 Å². The number of nitrogens with zero attached hydrogens (tertiary/aromatic N) is 1. The summed E-state index contributed by atoms with van der Waals surface area (Å²) in [6, 6.07) is 0. The fourth-order valence-corrected chi connectivity index (χ4v) is 3.06. The van der Waals surface area contributed by atoms with Crippen molar-refractivity contribution in [2.24, 2.45) is 5.73 Å². The second-order valence-electron chi connectivity index (χ2n) is 4.44. The Kier molecular flexibility index (Phi) is 2.88. The van der Waals surface area contributed by atoms with Crippen molar-refractivity contribution in [3.8, 4) is 0 Å². The van der Waals surface area contributed by atoms with Crippen LogP contribution in [-0.2, 0) is 11.8 Å². The summed E-state index contributed by atoms with van der Waals surface area (Å²) in [4.78, 5) is 5.94. The van der Waals surface area contributed by atoms with Gasteiger partial charge in [-0.2, -0.15) is 0 Å². The van der Waals surface area contributed by atoms with Crippen molar-refractivity contribution in [2.45, 2.75) is 44.4 Å². The predicted octanol–water partition coefficient (Wildman–Crippen LogP) is 2.48. The molecule has 1 saturated carbocycles. The lowest BCUT2D eigenvalue weighted by Crippen LogP contribution is -2.29. The van der Waals surface area contributed by atoms with Crippen LogP contribution in [0.25, 0.3) is 0 Å². The molecule has 14 heavy (non-hydrogen) atoms. The molecular weight excluding hydrogens is 192 g/mol. The van der Waals surface area contributed by atoms with Crippen LogP contribution in [0.1, 0.15) is 42.5 Å². The third-order valence-corrected chi connectivity index (χ3v) is 4.52. The molecule has 78 valence electrons. The molecule has 0 amide bonds. The summed E-state index contributed by atoms with van der Waals surface area (Å²) in [5.74, 6) is 0. The molecule has 0 aliphatic heterocycles. The summed E-state index contributed by atoms with van der Waals surface area (Å²) >= 11 is 1.89. The Morgan fingerprint density at radius 2 is 2.36 bits per heavy atom. The van der Waals surface area contributed by atoms with Crippen LogP contribution in [0.5, 0.6) is 0 Å². The zero-order chi connectivity index (χ0) is 10.0. The minimum Gasteiger partial charge on any atom is -0.330 e. The summed E-state index contributed by atoms with van der Waals surface area (Å²) in [6.45, 7) is 3.12. The van der Waals surface area contributed by atoms with Gasteiger partial charge in [-0.3, -0.25) is 0 Å². The van der Waals surface area contributed by atoms with Crippen LogP contribution in [0.2, 0.25) is 0 Å². The van der Waals surface area contributed by atoms with Gasteiger partial charge in [0.1, 0.15) is 0 Å². The minimum atomic E-state index is 0.408. The molecule has 0 unspecified atom stereocenters. The van der Waals surface area contributed by atoms with E-state index in [1.165, 1.54) is 29.1 Å². The SMILES string of the molecule is CC1(c2ncc(CCCN)s2)CCC1. The summed E-state index contributed by atoms with van der Waals surface area (Å²) in [5.41, 5.74) is 5.90. The van der Waals surface area contributed by atoms with Gasteiger partial charge in [-0.15, -0.1) is 11.3 Å². The number of hydrogen-bond acceptors (Lipinski definition) is 3. The third kappa shape index (κ3) is 1.84. The zero-order valence-corrected chi connectivity index (χ0v) is 9.57. The van der Waals surface area contributed by atoms with Gasteiger partial charge in [0.15, 0.2) is 0 Å². The van der Waals surface area contributed by atoms with Crippen molar-refractivity contribution in [3.63, 3.8) is 0 Å². The molecule has 0 saturated heterocycles. The van der Waals surface area contributed by atoms with Gasteiger partial charge < -0.3 is 5.73 Å². The number of rotatable bonds is 4. The normalized spacial score (nSPS) is 19.3. The number of hydrogen-bond donors (Lipinski definition) is 1. The number of aromatic nitrogens is 1. The first-order valence-electron chi connectivity index (χ1n) is 5.40. The molecule has 0 bridgehead atoms. The van der Waals surface area contributed by atoms with Crippen molar-refractivity contribution >= 4 is 11.3 Å². The zero-order valence-electron chi connectivity index (χ0n) is 8.75. The molecular formula is C11H18N2S. The van der Waals surface area contributed by atoms with E-state index >= 15 is 0 Å². The lowest BCUT2D eigenvalue weighted by atomic mass is 9.71. The molecule has 1 aliphatic carbocycles. The van der Waals surface area contributed by atoms with Gasteiger partial charge in [-0.05, 0) is 32.2 Å². The van der Waals surface area contributed by atoms with E-state index in [4.69, 9.17) is 5.73 Å². The first-order valence-corrected chi connectivity index (χ1v) is 6.21. The van der Waals surface area contributed by atoms with Gasteiger partial charge in [0.05, 0.1) is 5.01 Å². The van der Waals surface area contributed by atoms with Crippen molar-refractivity contribution in [2.75, 3.05) is 6.54 Å². The van der Waals surface area contributed by atoms with Gasteiger partial charge in [-0.25, -0.2) is 4.98 Å². The molecule has 2 rings (SSSR count). The van der Waals surface area contributed by atoms with Crippen LogP contribution in [0, 0.1) is 0 Å². The van der Waals surface area contributed by atoms with Crippen LogP contribution in [-0.4, -0.2) is 11.5 Å². The first-order chi connectivity index (χ1) is 6.74. The van der Waals surface area contributed by atoms with E-state index < -0.39 is 0 Å². The van der Waals surface area contributed by atoms with Crippen LogP contribution in [0.15, 0.2) is 6.20 Å². The van der Waals surface area contributed by atoms with Gasteiger partial charge in [0, 0.05) is 16.5 Å². The molecule has 3 heteroatoms. The highest BCUT2D eigenvalue weighted by Crippen LogP contribution is 2.44. The molecule has 1 aromatic rings. The third-order valence-electron chi connectivity index (χ3n) is 3.15. The molecule has 0 spiro atoms. The predicted molar refractivity (Wildman–Crippen MR) is 60.7 cm³/mol. The number of aryl methyl sites for hydroxylation is 1. The van der Waals surface area contributed by atoms with E-state index in [9.17, 15) is 0 Å². The monoisotopic (exact) mass is 210 g/mol. The maximum absolute atomic E-state index is 5.49. The van der Waals surface area contributed by atoms with Crippen LogP contribution >= 0.6 is 11.3 Å². The van der Waals surface area contributed by atoms with Crippen LogP contribution in [0.4, 0.5) is 0 Å². The van der Waals surface area contributed by atoms with Gasteiger partial charge in [0.2, 0.25) is 0 Å². The fourth-order valence-electron chi connectivity index (χ4n) is 1.90. The van der Waals surface area contributed by atoms with E-state index in [-0.39, 0.29) is 0 Å². The highest BCUT2D eigenvalue weighted by atomic mass is 32.1. The van der Waals surface area contributed by atoms with Crippen molar-refractivity contribution < 1.29 is 0 Å². The molecule has 1 heterocycles. The highest BCUT2D eigenvalue weighted by Gasteiger charge is 2.36. The molecule has 0 radical (unpaired) electrons. The lowest BCUT2D eigenvalue weighted by molar-refractivity contribution is 0.271. The Bertz CT molecular complexity index is 302. The molecule has 0 atom stereocenters. The number of thiazole rings is 1. The van der Waals surface area contributed by atoms with Crippen molar-refractivity contribution in [1.82, 2.24) is 4.98 Å². The fraction of sp³-hybridized carbons (Fsp3) is 0.727. The van der Waals surface area contributed by atoms with E-state index in [0.29, 0.717) is 5.41 Å². The van der Waals surface area contributed by atoms with E-state index in [1.807, 2.05) is 17.5 Å². The second kappa shape index (κ2) is 3.99. The maximum atomic E-state index is 5.49. The van der Waals surface area contributed by atoms with Crippen molar-refractivity contribution in [3.05, 3.63) is 16.1 Å². The summed E-state index contributed by atoms with van der Waals surface area (Å²) in [6.07, 6.45) is 8.23. The lowest BCUT2D eigenvalue weighted by Gasteiger charge is -2.36. The smallest absolute Gasteiger partial charge is 0.0986 e. The minimum absolute atomic E-state index is 0.408. The molecule has 0 aromatic carbocycles. The second-order valence-corrected chi connectivity index (χ2v) is 5.55. The largest absolute Gasteiger partial charge is 0.330 e. The average Bonchev–Trinajstić information content (AvgIpc) is 2.59. The maximum Gasteiger partial charge on any atom is 0.0986 e. The summed E-state index contributed by atoms with van der Waals surface area (Å²) in [7, 11) is 0. The molecule has 1 fully saturated rings. The van der Waals surface area contributed by atoms with Gasteiger partial charge in [-0.1, -0.05) is 13.3 Å². The molecule has 2 N–H and O–H groups in total. The van der Waals surface area contributed by atoms with E-state index in [2.05, 4.69) is 11.9 Å². The molecule has 1 aromatic heterocycles. The Morgan fingerprint density at radius 1 is 1.57 bits per heavy atom. The van der Waals surface area contributed by atoms with Crippen molar-refractivity contribution in [1.29, 1.82) is 0 Å². The van der Waals surface area contributed by atoms with E-state index in [0.717, 1.165) is 19.4 Å². The topological polar surface area (TPSA) is 38.9 Å². The Labute approximate surface area is 89.5 Å². The summed E-state index contributed by atoms with van der Waals surface area (Å²) in [5, 5.41) is 1.34. The first kappa shape index (κ1) is 10.1. The Hall–Kier alpha value is -0.410. The standard InChI is InChI=1S/C11H18N2S/c1-11(5-3-6-11)10-13-8-9(14-10)4-2-7-12/h8H,2-7,12H2,1H3. The average molecular weight is 210 g/mol. The van der Waals surface area contributed by atoms with Gasteiger partial charge in [0.25, 0.3) is 0 Å². The summed E-state index contributed by atoms with van der Waals surface area (Å²) < 4.78 is 0. The Balaban J connectivity index is 2.02. The quantitative estimate of drug-likeness (QED) is 0.829. The van der Waals surface area contributed by atoms with Gasteiger partial charge >= 0.3 is 0 Å².